The van der Waals surface area contributed by atoms with Crippen LogP contribution in [0.3, 0.4) is 0 Å². The zero-order chi connectivity index (χ0) is 26.6. The molecule has 36 heavy (non-hydrogen) atoms. The smallest absolute Gasteiger partial charge is 0.310 e. The predicted molar refractivity (Wildman–Crippen MR) is 143 cm³/mol. The van der Waals surface area contributed by atoms with Gasteiger partial charge < -0.3 is 19.6 Å². The van der Waals surface area contributed by atoms with Crippen molar-refractivity contribution < 1.29 is 19.4 Å². The number of hydrogen-bond donors (Lipinski definition) is 1. The van der Waals surface area contributed by atoms with E-state index in [4.69, 9.17) is 9.73 Å². The number of fused-ring (bicyclic) bond motifs is 1. The number of piperazine rings is 1. The lowest BCUT2D eigenvalue weighted by atomic mass is 10.0. The fraction of sp³-hybridized carbons (Fsp3) is 0.552. The molecule has 1 heterocycles. The van der Waals surface area contributed by atoms with Crippen molar-refractivity contribution in [3.8, 4) is 0 Å². The third kappa shape index (κ3) is 5.50. The molecule has 2 atom stereocenters. The fourth-order valence-corrected chi connectivity index (χ4v) is 5.25. The summed E-state index contributed by atoms with van der Waals surface area (Å²) >= 11 is 0. The van der Waals surface area contributed by atoms with Gasteiger partial charge in [0.2, 0.25) is 5.91 Å². The van der Waals surface area contributed by atoms with Crippen LogP contribution in [0.4, 0.5) is 0 Å². The molecule has 3 rings (SSSR count). The van der Waals surface area contributed by atoms with Gasteiger partial charge in [-0.25, -0.2) is 4.99 Å². The number of ether oxygens (including phenoxy) is 1. The summed E-state index contributed by atoms with van der Waals surface area (Å²) in [5.41, 5.74) is 5.27. The van der Waals surface area contributed by atoms with Gasteiger partial charge in [-0.05, 0) is 69.2 Å². The van der Waals surface area contributed by atoms with E-state index < -0.39 is 11.9 Å². The maximum absolute atomic E-state index is 13.2. The van der Waals surface area contributed by atoms with Crippen LogP contribution in [-0.2, 0) is 14.3 Å². The van der Waals surface area contributed by atoms with Crippen molar-refractivity contribution in [2.45, 2.75) is 84.7 Å². The molecular weight excluding hydrogens is 454 g/mol. The van der Waals surface area contributed by atoms with Gasteiger partial charge in [-0.2, -0.15) is 0 Å². The second-order valence-corrected chi connectivity index (χ2v) is 9.86. The fourth-order valence-electron chi connectivity index (χ4n) is 5.25. The summed E-state index contributed by atoms with van der Waals surface area (Å²) in [5, 5.41) is 9.45. The number of carboxylic acid groups (broad SMARTS) is 1. The quantitative estimate of drug-likeness (QED) is 0.333. The van der Waals surface area contributed by atoms with Gasteiger partial charge in [0.05, 0.1) is 30.1 Å². The second kappa shape index (κ2) is 11.8. The van der Waals surface area contributed by atoms with E-state index in [0.717, 1.165) is 47.5 Å². The van der Waals surface area contributed by atoms with Crippen molar-refractivity contribution >= 4 is 17.6 Å². The van der Waals surface area contributed by atoms with E-state index >= 15 is 0 Å². The number of allylic oxidation sites excluding steroid dienone is 4. The summed E-state index contributed by atoms with van der Waals surface area (Å²) < 4.78 is 5.64. The first-order valence-electron chi connectivity index (χ1n) is 13.1. The van der Waals surface area contributed by atoms with Gasteiger partial charge in [-0.1, -0.05) is 39.3 Å². The van der Waals surface area contributed by atoms with E-state index in [-0.39, 0.29) is 11.9 Å². The van der Waals surface area contributed by atoms with E-state index in [1.165, 1.54) is 20.0 Å². The largest absolute Gasteiger partial charge is 0.495 e. The maximum atomic E-state index is 13.2. The highest BCUT2D eigenvalue weighted by Gasteiger charge is 2.40. The van der Waals surface area contributed by atoms with Crippen molar-refractivity contribution in [3.63, 3.8) is 0 Å². The van der Waals surface area contributed by atoms with Gasteiger partial charge in [0.1, 0.15) is 17.5 Å². The molecule has 2 fully saturated rings. The molecule has 0 aromatic rings. The minimum absolute atomic E-state index is 0.114. The summed E-state index contributed by atoms with van der Waals surface area (Å²) in [6.07, 6.45) is 12.5. The number of hydrogen-bond acceptors (Lipinski definition) is 5. The number of amides is 1. The van der Waals surface area contributed by atoms with Crippen LogP contribution in [-0.4, -0.2) is 58.7 Å². The Morgan fingerprint density at radius 2 is 1.97 bits per heavy atom. The number of carbonyl (C=O) groups is 2. The van der Waals surface area contributed by atoms with Gasteiger partial charge in [-0.3, -0.25) is 9.59 Å². The number of carbonyl (C=O) groups excluding carboxylic acids is 1. The topological polar surface area (TPSA) is 82.4 Å². The average Bonchev–Trinajstić information content (AvgIpc) is 3.33. The van der Waals surface area contributed by atoms with Crippen molar-refractivity contribution in [1.82, 2.24) is 9.80 Å². The molecule has 1 N–H and O–H groups in total. The molecule has 1 amide bonds. The standard InChI is InChI=1S/C29H41N3O4/c1-8-18(3)27(26(36-7)16-19(4)29(34)35)30-23-17-25-24(15-14-21(23)9-2)31(6)28(33)20(5)32(25)22-12-10-11-13-22/h15-17,19-20,22H,3,8-14H2,1-2,4-7H3,(H,34,35)/b26-16+,30-27?. The molecule has 2 unspecified atom stereocenters. The monoisotopic (exact) mass is 495 g/mol. The molecule has 2 aliphatic carbocycles. The number of nitrogens with zero attached hydrogens (tertiary/aromatic N) is 3. The van der Waals surface area contributed by atoms with Crippen molar-refractivity contribution in [2.75, 3.05) is 14.2 Å². The summed E-state index contributed by atoms with van der Waals surface area (Å²) in [4.78, 5) is 33.9. The van der Waals surface area contributed by atoms with E-state index in [1.807, 2.05) is 20.9 Å². The van der Waals surface area contributed by atoms with Gasteiger partial charge in [0.15, 0.2) is 0 Å². The molecule has 0 spiro atoms. The molecule has 0 bridgehead atoms. The lowest BCUT2D eigenvalue weighted by Gasteiger charge is -2.45. The second-order valence-electron chi connectivity index (χ2n) is 9.86. The van der Waals surface area contributed by atoms with Gasteiger partial charge >= 0.3 is 5.97 Å². The van der Waals surface area contributed by atoms with E-state index in [2.05, 4.69) is 30.6 Å². The van der Waals surface area contributed by atoms with Crippen LogP contribution in [0, 0.1) is 5.92 Å². The molecule has 0 aromatic heterocycles. The summed E-state index contributed by atoms with van der Waals surface area (Å²) in [6, 6.07) is 0.0856. The first-order chi connectivity index (χ1) is 17.1. The van der Waals surface area contributed by atoms with E-state index in [9.17, 15) is 14.7 Å². The predicted octanol–water partition coefficient (Wildman–Crippen LogP) is 5.59. The van der Waals surface area contributed by atoms with Crippen molar-refractivity contribution in [3.05, 3.63) is 58.8 Å². The third-order valence-corrected chi connectivity index (χ3v) is 7.57. The summed E-state index contributed by atoms with van der Waals surface area (Å²) in [6.45, 7) is 11.9. The van der Waals surface area contributed by atoms with Crippen molar-refractivity contribution in [1.29, 1.82) is 0 Å². The third-order valence-electron chi connectivity index (χ3n) is 7.57. The number of likely N-dealkylation sites (N-methyl/N-ethyl adjacent to an activating group) is 1. The van der Waals surface area contributed by atoms with Gasteiger partial charge in [-0.15, -0.1) is 0 Å². The average molecular weight is 496 g/mol. The number of methoxy groups -OCH3 is 1. The Labute approximate surface area is 215 Å². The Bertz CT molecular complexity index is 1060. The Morgan fingerprint density at radius 1 is 1.31 bits per heavy atom. The lowest BCUT2D eigenvalue weighted by Crippen LogP contribution is -2.54. The maximum Gasteiger partial charge on any atom is 0.310 e. The van der Waals surface area contributed by atoms with Crippen LogP contribution in [0.1, 0.15) is 72.6 Å². The van der Waals surface area contributed by atoms with Crippen LogP contribution in [0.15, 0.2) is 63.8 Å². The zero-order valence-electron chi connectivity index (χ0n) is 22.6. The molecule has 1 saturated carbocycles. The summed E-state index contributed by atoms with van der Waals surface area (Å²) in [5.74, 6) is -1.14. The molecule has 3 aliphatic rings. The van der Waals surface area contributed by atoms with Crippen LogP contribution < -0.4 is 0 Å². The molecule has 0 radical (unpaired) electrons. The molecule has 196 valence electrons. The minimum atomic E-state index is -0.930. The lowest BCUT2D eigenvalue weighted by molar-refractivity contribution is -0.139. The Balaban J connectivity index is 2.20. The number of aliphatic carboxylic acids is 1. The van der Waals surface area contributed by atoms with Crippen LogP contribution in [0.5, 0.6) is 0 Å². The van der Waals surface area contributed by atoms with E-state index in [0.29, 0.717) is 30.4 Å². The molecule has 7 heteroatoms. The van der Waals surface area contributed by atoms with Gasteiger partial charge in [0.25, 0.3) is 0 Å². The van der Waals surface area contributed by atoms with E-state index in [1.54, 1.807) is 17.9 Å². The summed E-state index contributed by atoms with van der Waals surface area (Å²) in [7, 11) is 3.39. The molecule has 1 saturated heterocycles. The van der Waals surface area contributed by atoms with Crippen LogP contribution >= 0.6 is 0 Å². The Hall–Kier alpha value is -3.09. The highest BCUT2D eigenvalue weighted by atomic mass is 16.5. The molecular formula is C29H41N3O4. The first-order valence-corrected chi connectivity index (χ1v) is 13.1. The number of rotatable bonds is 9. The normalized spacial score (nSPS) is 22.7. The Kier molecular flexibility index (Phi) is 8.98. The van der Waals surface area contributed by atoms with Crippen molar-refractivity contribution in [2.24, 2.45) is 10.9 Å². The molecule has 0 aromatic carbocycles. The van der Waals surface area contributed by atoms with Crippen LogP contribution in [0.2, 0.25) is 0 Å². The highest BCUT2D eigenvalue weighted by molar-refractivity contribution is 6.11. The molecule has 1 aliphatic heterocycles. The zero-order valence-corrected chi connectivity index (χ0v) is 22.6. The molecule has 7 nitrogen and oxygen atoms in total. The Morgan fingerprint density at radius 3 is 2.53 bits per heavy atom. The minimum Gasteiger partial charge on any atom is -0.495 e. The highest BCUT2D eigenvalue weighted by Crippen LogP contribution is 2.39. The van der Waals surface area contributed by atoms with Crippen LogP contribution in [0.25, 0.3) is 0 Å². The SMILES string of the molecule is C=C(CC)C(=NC1=C(CC)CC=C2C(=C1)N(C1CCCC1)C(C)C(=O)N2C)/C(=C\C(C)C(=O)O)OC. The van der Waals surface area contributed by atoms with Gasteiger partial charge in [0, 0.05) is 13.1 Å². The number of carboxylic acids is 1. The number of aliphatic imine (C=N–C) groups is 1. The first kappa shape index (κ1) is 27.5.